The van der Waals surface area contributed by atoms with Gasteiger partial charge in [-0.05, 0) is 60.7 Å². The maximum Gasteiger partial charge on any atom is 0 e. The second kappa shape index (κ2) is 14.4. The van der Waals surface area contributed by atoms with Crippen LogP contribution in [0.5, 0.6) is 0 Å². The van der Waals surface area contributed by atoms with E-state index in [0.717, 1.165) is 17.8 Å². The predicted molar refractivity (Wildman–Crippen MR) is 140 cm³/mol. The molecule has 1 spiro atoms. The molecule has 0 heterocycles. The van der Waals surface area contributed by atoms with Crippen LogP contribution < -0.4 is 0 Å². The summed E-state index contributed by atoms with van der Waals surface area (Å²) in [5.74, 6) is 0.878. The van der Waals surface area contributed by atoms with Crippen LogP contribution in [-0.4, -0.2) is 0 Å². The van der Waals surface area contributed by atoms with Gasteiger partial charge in [0.1, 0.15) is 0 Å². The molecule has 4 rings (SSSR count). The van der Waals surface area contributed by atoms with Crippen molar-refractivity contribution in [2.24, 2.45) is 33.0 Å². The molecule has 0 atom stereocenters. The summed E-state index contributed by atoms with van der Waals surface area (Å²) >= 11 is 0. The molecule has 0 nitrogen and oxygen atoms in total. The second-order valence-corrected chi connectivity index (χ2v) is 13.6. The molecule has 0 aromatic rings. The Balaban J connectivity index is 0.000000453. The van der Waals surface area contributed by atoms with Gasteiger partial charge in [0.25, 0.3) is 0 Å². The molecule has 2 radical (unpaired) electrons. The minimum atomic E-state index is 0. The Kier molecular flexibility index (Phi) is 15.3. The summed E-state index contributed by atoms with van der Waals surface area (Å²) in [5, 5.41) is 0. The summed E-state index contributed by atoms with van der Waals surface area (Å²) in [6.45, 7) is 26.5. The van der Waals surface area contributed by atoms with Crippen molar-refractivity contribution in [2.75, 3.05) is 0 Å². The average molecular weight is 608 g/mol. The van der Waals surface area contributed by atoms with Crippen LogP contribution in [0.1, 0.15) is 144 Å². The fraction of sp³-hybridized carbons (Fsp3) is 0.903. The molecule has 4 fully saturated rings. The second-order valence-electron chi connectivity index (χ2n) is 13.6. The van der Waals surface area contributed by atoms with E-state index in [0.29, 0.717) is 16.2 Å². The van der Waals surface area contributed by atoms with Gasteiger partial charge in [-0.15, -0.1) is 6.42 Å². The molecule has 0 aromatic heterocycles. The molecule has 0 unspecified atom stereocenters. The van der Waals surface area contributed by atoms with Crippen LogP contribution in [0.3, 0.4) is 0 Å². The van der Waals surface area contributed by atoms with Gasteiger partial charge in [0.15, 0.2) is 0 Å². The van der Waals surface area contributed by atoms with Gasteiger partial charge in [-0.1, -0.05) is 98.3 Å². The Bertz CT molecular complexity index is 512. The maximum absolute atomic E-state index is 4.17. The van der Waals surface area contributed by atoms with E-state index in [2.05, 4.69) is 62.3 Å². The van der Waals surface area contributed by atoms with Crippen LogP contribution in [0.15, 0.2) is 0 Å². The molecule has 33 heavy (non-hydrogen) atoms. The molecule has 190 valence electrons. The summed E-state index contributed by atoms with van der Waals surface area (Å²) in [6.07, 6.45) is 22.6. The average Bonchev–Trinajstić information content (AvgIpc) is 3.23. The summed E-state index contributed by atoms with van der Waals surface area (Å²) in [5.41, 5.74) is 2.59. The van der Waals surface area contributed by atoms with Gasteiger partial charge >= 0.3 is 0 Å². The third-order valence-corrected chi connectivity index (χ3v) is 10.8. The zero-order valence-electron chi connectivity index (χ0n) is 23.7. The Morgan fingerprint density at radius 3 is 1.30 bits per heavy atom. The minimum Gasteiger partial charge on any atom is -0.366 e. The van der Waals surface area contributed by atoms with Gasteiger partial charge < -0.3 is 20.8 Å². The Morgan fingerprint density at radius 1 is 0.606 bits per heavy atom. The molecule has 0 aromatic carbocycles. The van der Waals surface area contributed by atoms with E-state index in [-0.39, 0.29) is 70.8 Å². The van der Waals surface area contributed by atoms with E-state index in [9.17, 15) is 0 Å². The summed E-state index contributed by atoms with van der Waals surface area (Å²) in [6, 6.07) is 0. The van der Waals surface area contributed by atoms with Crippen molar-refractivity contribution in [3.8, 4) is 0 Å². The molecular formula is C31H57Y2-3. The fourth-order valence-electron chi connectivity index (χ4n) is 7.18. The molecule has 4 saturated carbocycles. The molecule has 0 aliphatic heterocycles. The van der Waals surface area contributed by atoms with Crippen LogP contribution in [0, 0.1) is 53.8 Å². The molecule has 0 N–H and O–H groups in total. The van der Waals surface area contributed by atoms with E-state index in [1.165, 1.54) is 96.3 Å². The van der Waals surface area contributed by atoms with E-state index in [1.54, 1.807) is 0 Å². The Hall–Kier alpha value is 2.21. The molecule has 0 amide bonds. The van der Waals surface area contributed by atoms with Gasteiger partial charge in [0, 0.05) is 65.4 Å². The topological polar surface area (TPSA) is 0 Å². The van der Waals surface area contributed by atoms with Crippen molar-refractivity contribution in [3.05, 3.63) is 20.8 Å². The number of hydrogen-bond donors (Lipinski definition) is 0. The standard InChI is InChI=1S/C11H20.C10H18.C10H19.2Y/c1-10(2)6-5-9-11(10)7-3-4-8-11;1-9(2)7-5-6-8-10(9,3)4;1-4-6-10(9(2)3)7-5-8-10;;/h3-9H2,1-2H3;1-2,5-8H2,3-4H3;9H,1,4-8H2,2-3H3;;/q;-2;-1;;. The van der Waals surface area contributed by atoms with Crippen LogP contribution in [-0.2, 0) is 65.4 Å². The first-order valence-corrected chi connectivity index (χ1v) is 13.8. The van der Waals surface area contributed by atoms with Crippen molar-refractivity contribution in [1.29, 1.82) is 0 Å². The summed E-state index contributed by atoms with van der Waals surface area (Å²) in [7, 11) is 0. The SMILES string of the molecule is CC1(C)CCCC12CCCC2.[CH2-]C1([CH2-])CCCCC1(C)C.[CH2-]CCC1(C(C)C)CCC1.[Y].[Y]. The predicted octanol–water partition coefficient (Wildman–Crippen LogP) is 10.4. The van der Waals surface area contributed by atoms with Crippen LogP contribution >= 0.6 is 0 Å². The van der Waals surface area contributed by atoms with Crippen LogP contribution in [0.25, 0.3) is 0 Å². The molecule has 0 bridgehead atoms. The van der Waals surface area contributed by atoms with E-state index in [4.69, 9.17) is 0 Å². The molecule has 2 heteroatoms. The molecule has 0 saturated heterocycles. The summed E-state index contributed by atoms with van der Waals surface area (Å²) in [4.78, 5) is 0. The first-order valence-electron chi connectivity index (χ1n) is 13.8. The maximum atomic E-state index is 4.17. The quantitative estimate of drug-likeness (QED) is 0.280. The smallest absolute Gasteiger partial charge is 0 e. The summed E-state index contributed by atoms with van der Waals surface area (Å²) < 4.78 is 0. The van der Waals surface area contributed by atoms with Crippen molar-refractivity contribution < 1.29 is 65.4 Å². The van der Waals surface area contributed by atoms with Gasteiger partial charge in [0.05, 0.1) is 0 Å². The first-order chi connectivity index (χ1) is 14.3. The molecule has 4 aliphatic rings. The van der Waals surface area contributed by atoms with Gasteiger partial charge in [0.2, 0.25) is 0 Å². The van der Waals surface area contributed by atoms with Crippen molar-refractivity contribution >= 4 is 0 Å². The van der Waals surface area contributed by atoms with Crippen LogP contribution in [0.4, 0.5) is 0 Å². The fourth-order valence-corrected chi connectivity index (χ4v) is 7.18. The monoisotopic (exact) mass is 607 g/mol. The molecule has 4 aliphatic carbocycles. The molecular weight excluding hydrogens is 550 g/mol. The zero-order chi connectivity index (χ0) is 23.4. The minimum absolute atomic E-state index is 0. The van der Waals surface area contributed by atoms with E-state index in [1.807, 2.05) is 0 Å². The van der Waals surface area contributed by atoms with Crippen LogP contribution in [0.2, 0.25) is 0 Å². The third-order valence-electron chi connectivity index (χ3n) is 10.8. The number of hydrogen-bond acceptors (Lipinski definition) is 0. The van der Waals surface area contributed by atoms with Crippen molar-refractivity contribution in [3.63, 3.8) is 0 Å². The van der Waals surface area contributed by atoms with Gasteiger partial charge in [-0.25, -0.2) is 0 Å². The first kappa shape index (κ1) is 35.2. The van der Waals surface area contributed by atoms with Gasteiger partial charge in [-0.3, -0.25) is 5.41 Å². The van der Waals surface area contributed by atoms with Gasteiger partial charge in [-0.2, -0.15) is 6.42 Å². The normalized spacial score (nSPS) is 27.1. The van der Waals surface area contributed by atoms with Crippen molar-refractivity contribution in [2.45, 2.75) is 144 Å². The number of rotatable bonds is 3. The Labute approximate surface area is 260 Å². The Morgan fingerprint density at radius 2 is 1.03 bits per heavy atom. The zero-order valence-corrected chi connectivity index (χ0v) is 29.3. The third kappa shape index (κ3) is 8.61. The van der Waals surface area contributed by atoms with E-state index >= 15 is 0 Å². The van der Waals surface area contributed by atoms with E-state index < -0.39 is 0 Å². The largest absolute Gasteiger partial charge is 0.366 e. The van der Waals surface area contributed by atoms with Crippen molar-refractivity contribution in [1.82, 2.24) is 0 Å².